The van der Waals surface area contributed by atoms with Gasteiger partial charge in [-0.25, -0.2) is 8.42 Å². The third kappa shape index (κ3) is 4.16. The Balaban J connectivity index is 1.53. The Bertz CT molecular complexity index is 963. The van der Waals surface area contributed by atoms with Crippen LogP contribution in [0.1, 0.15) is 18.9 Å². The van der Waals surface area contributed by atoms with E-state index in [0.29, 0.717) is 23.0 Å². The quantitative estimate of drug-likeness (QED) is 0.738. The van der Waals surface area contributed by atoms with E-state index in [4.69, 9.17) is 9.15 Å². The Morgan fingerprint density at radius 1 is 1.38 bits per heavy atom. The fourth-order valence-electron chi connectivity index (χ4n) is 3.04. The second-order valence-corrected chi connectivity index (χ2v) is 8.91. The monoisotopic (exact) mass is 381 g/mol. The van der Waals surface area contributed by atoms with E-state index >= 15 is 0 Å². The number of rotatable bonds is 5. The normalized spacial score (nSPS) is 21.6. The predicted octanol–water partition coefficient (Wildman–Crippen LogP) is 0.917. The first-order valence-corrected chi connectivity index (χ1v) is 9.84. The molecule has 1 aromatic carbocycles. The molecule has 1 saturated heterocycles. The van der Waals surface area contributed by atoms with Crippen molar-refractivity contribution in [2.75, 3.05) is 18.1 Å². The highest BCUT2D eigenvalue weighted by molar-refractivity contribution is 7.91. The van der Waals surface area contributed by atoms with Gasteiger partial charge in [0.1, 0.15) is 11.3 Å². The van der Waals surface area contributed by atoms with Crippen LogP contribution < -0.4 is 5.32 Å². The summed E-state index contributed by atoms with van der Waals surface area (Å²) < 4.78 is 33.3. The van der Waals surface area contributed by atoms with Gasteiger partial charge >= 0.3 is 5.97 Å². The molecule has 8 nitrogen and oxygen atoms in total. The van der Waals surface area contributed by atoms with Gasteiger partial charge in [-0.05, 0) is 25.5 Å². The van der Waals surface area contributed by atoms with Crippen LogP contribution in [0.15, 0.2) is 28.9 Å². The van der Waals surface area contributed by atoms with Crippen LogP contribution in [0, 0.1) is 0 Å². The van der Waals surface area contributed by atoms with E-state index in [0.717, 1.165) is 0 Å². The summed E-state index contributed by atoms with van der Waals surface area (Å²) in [6, 6.07) is 4.55. The number of hydrogen-bond acceptors (Lipinski definition) is 7. The largest absolute Gasteiger partial charge is 0.508 e. The molecule has 1 fully saturated rings. The minimum absolute atomic E-state index is 0.0344. The summed E-state index contributed by atoms with van der Waals surface area (Å²) in [5.74, 6) is -1.18. The maximum absolute atomic E-state index is 12.0. The number of phenolic OH excluding ortho intramolecular Hbond substituents is 1. The van der Waals surface area contributed by atoms with Gasteiger partial charge in [-0.3, -0.25) is 9.59 Å². The number of carbonyl (C=O) groups excluding carboxylic acids is 2. The lowest BCUT2D eigenvalue weighted by Crippen LogP contribution is -2.48. The molecule has 1 aromatic heterocycles. The molecule has 0 spiro atoms. The van der Waals surface area contributed by atoms with Gasteiger partial charge in [-0.15, -0.1) is 0 Å². The van der Waals surface area contributed by atoms with Crippen LogP contribution in [-0.4, -0.2) is 49.1 Å². The number of aromatic hydroxyl groups is 1. The third-order valence-electron chi connectivity index (χ3n) is 4.28. The van der Waals surface area contributed by atoms with E-state index in [1.807, 2.05) is 0 Å². The van der Waals surface area contributed by atoms with Crippen molar-refractivity contribution in [2.45, 2.75) is 25.3 Å². The molecule has 2 aromatic rings. The first-order chi connectivity index (χ1) is 12.2. The van der Waals surface area contributed by atoms with Crippen LogP contribution in [-0.2, 0) is 30.6 Å². The predicted molar refractivity (Wildman–Crippen MR) is 92.4 cm³/mol. The van der Waals surface area contributed by atoms with Crippen molar-refractivity contribution in [1.82, 2.24) is 5.32 Å². The lowest BCUT2D eigenvalue weighted by molar-refractivity contribution is -0.148. The Morgan fingerprint density at radius 3 is 2.85 bits per heavy atom. The second kappa shape index (κ2) is 6.64. The number of sulfone groups is 1. The van der Waals surface area contributed by atoms with E-state index in [2.05, 4.69) is 5.32 Å². The molecule has 140 valence electrons. The van der Waals surface area contributed by atoms with Gasteiger partial charge < -0.3 is 19.6 Å². The Labute approximate surface area is 150 Å². The van der Waals surface area contributed by atoms with Crippen LogP contribution >= 0.6 is 0 Å². The fourth-order valence-corrected chi connectivity index (χ4v) is 5.14. The summed E-state index contributed by atoms with van der Waals surface area (Å²) in [4.78, 5) is 23.9. The standard InChI is InChI=1S/C17H19NO7S/c1-17(4-5-26(22,23)10-17)18-15(20)9-25-16(21)6-11-8-24-14-7-12(19)2-3-13(11)14/h2-3,7-8,19H,4-6,9-10H2,1H3,(H,18,20)/t17-/m0/s1. The first-order valence-electron chi connectivity index (χ1n) is 8.02. The first kappa shape index (κ1) is 18.2. The van der Waals surface area contributed by atoms with Crippen molar-refractivity contribution in [3.63, 3.8) is 0 Å². The van der Waals surface area contributed by atoms with Crippen molar-refractivity contribution in [3.8, 4) is 5.75 Å². The van der Waals surface area contributed by atoms with E-state index in [1.165, 1.54) is 18.4 Å². The zero-order valence-electron chi connectivity index (χ0n) is 14.1. The molecule has 9 heteroatoms. The highest BCUT2D eigenvalue weighted by Crippen LogP contribution is 2.25. The van der Waals surface area contributed by atoms with Gasteiger partial charge in [0.05, 0.1) is 29.7 Å². The average Bonchev–Trinajstić information content (AvgIpc) is 3.05. The summed E-state index contributed by atoms with van der Waals surface area (Å²) in [6.45, 7) is 1.18. The molecule has 1 amide bonds. The Hall–Kier alpha value is -2.55. The Kier molecular flexibility index (Phi) is 4.66. The molecule has 0 bridgehead atoms. The number of fused-ring (bicyclic) bond motifs is 1. The topological polar surface area (TPSA) is 123 Å². The van der Waals surface area contributed by atoms with Crippen LogP contribution in [0.3, 0.4) is 0 Å². The Morgan fingerprint density at radius 2 is 2.15 bits per heavy atom. The van der Waals surface area contributed by atoms with Gasteiger partial charge in [0.25, 0.3) is 5.91 Å². The van der Waals surface area contributed by atoms with Crippen LogP contribution in [0.4, 0.5) is 0 Å². The van der Waals surface area contributed by atoms with Gasteiger partial charge in [-0.2, -0.15) is 0 Å². The van der Waals surface area contributed by atoms with Gasteiger partial charge in [-0.1, -0.05) is 0 Å². The summed E-state index contributed by atoms with van der Waals surface area (Å²) in [6.07, 6.45) is 1.65. The molecule has 0 unspecified atom stereocenters. The summed E-state index contributed by atoms with van der Waals surface area (Å²) in [5, 5.41) is 12.7. The third-order valence-corrected chi connectivity index (χ3v) is 6.19. The number of phenols is 1. The molecule has 1 atom stereocenters. The van der Waals surface area contributed by atoms with Crippen molar-refractivity contribution < 1.29 is 32.3 Å². The average molecular weight is 381 g/mol. The number of ether oxygens (including phenoxy) is 1. The maximum atomic E-state index is 12.0. The minimum atomic E-state index is -3.14. The summed E-state index contributed by atoms with van der Waals surface area (Å²) in [5.41, 5.74) is 0.200. The molecule has 1 aliphatic rings. The van der Waals surface area contributed by atoms with E-state index in [9.17, 15) is 23.1 Å². The summed E-state index contributed by atoms with van der Waals surface area (Å²) in [7, 11) is -3.14. The molecule has 0 radical (unpaired) electrons. The molecule has 0 saturated carbocycles. The van der Waals surface area contributed by atoms with Crippen molar-refractivity contribution >= 4 is 32.7 Å². The molecule has 2 heterocycles. The molecule has 26 heavy (non-hydrogen) atoms. The number of esters is 1. The number of carbonyl (C=O) groups is 2. The van der Waals surface area contributed by atoms with E-state index < -0.39 is 33.9 Å². The highest BCUT2D eigenvalue weighted by atomic mass is 32.2. The number of benzene rings is 1. The molecular weight excluding hydrogens is 362 g/mol. The lowest BCUT2D eigenvalue weighted by atomic mass is 10.0. The number of furan rings is 1. The van der Waals surface area contributed by atoms with Crippen LogP contribution in [0.25, 0.3) is 11.0 Å². The maximum Gasteiger partial charge on any atom is 0.310 e. The number of nitrogens with one attached hydrogen (secondary N) is 1. The van der Waals surface area contributed by atoms with Crippen molar-refractivity contribution in [1.29, 1.82) is 0 Å². The number of amides is 1. The molecule has 1 aliphatic heterocycles. The zero-order chi connectivity index (χ0) is 18.9. The summed E-state index contributed by atoms with van der Waals surface area (Å²) >= 11 is 0. The van der Waals surface area contributed by atoms with E-state index in [-0.39, 0.29) is 23.7 Å². The van der Waals surface area contributed by atoms with E-state index in [1.54, 1.807) is 13.0 Å². The van der Waals surface area contributed by atoms with Gasteiger partial charge in [0.2, 0.25) is 0 Å². The molecule has 2 N–H and O–H groups in total. The van der Waals surface area contributed by atoms with Gasteiger partial charge in [0.15, 0.2) is 16.4 Å². The highest BCUT2D eigenvalue weighted by Gasteiger charge is 2.39. The fraction of sp³-hybridized carbons (Fsp3) is 0.412. The van der Waals surface area contributed by atoms with Crippen LogP contribution in [0.5, 0.6) is 5.75 Å². The number of hydrogen-bond donors (Lipinski definition) is 2. The molecule has 0 aliphatic carbocycles. The molecule has 3 rings (SSSR count). The smallest absolute Gasteiger partial charge is 0.310 e. The van der Waals surface area contributed by atoms with Crippen LogP contribution in [0.2, 0.25) is 0 Å². The second-order valence-electron chi connectivity index (χ2n) is 6.73. The van der Waals surface area contributed by atoms with Crippen molar-refractivity contribution in [2.24, 2.45) is 0 Å². The van der Waals surface area contributed by atoms with Crippen molar-refractivity contribution in [3.05, 3.63) is 30.0 Å². The SMILES string of the molecule is C[C@]1(NC(=O)COC(=O)Cc2coc3cc(O)ccc23)CCS(=O)(=O)C1. The zero-order valence-corrected chi connectivity index (χ0v) is 15.0. The van der Waals surface area contributed by atoms with Gasteiger partial charge in [0, 0.05) is 17.0 Å². The lowest BCUT2D eigenvalue weighted by Gasteiger charge is -2.23. The minimum Gasteiger partial charge on any atom is -0.508 e. The molecular formula is C17H19NO7S.